The molecule has 0 saturated carbocycles. The summed E-state index contributed by atoms with van der Waals surface area (Å²) in [6.45, 7) is 6.12. The van der Waals surface area contributed by atoms with Gasteiger partial charge >= 0.3 is 0 Å². The minimum absolute atomic E-state index is 0.260. The number of aromatic nitrogens is 1. The van der Waals surface area contributed by atoms with Crippen molar-refractivity contribution in [1.29, 1.82) is 0 Å². The van der Waals surface area contributed by atoms with Crippen molar-refractivity contribution >= 4 is 28.3 Å². The van der Waals surface area contributed by atoms with Gasteiger partial charge in [0, 0.05) is 16.5 Å². The number of pyridine rings is 1. The molecule has 0 aliphatic rings. The fourth-order valence-electron chi connectivity index (χ4n) is 2.93. The SMILES string of the molecule is C=C[C@@H](C)[C@@H](CCc1ccccc1)NNc1ccc2cc(Cl)ccc2n1. The van der Waals surface area contributed by atoms with Gasteiger partial charge in [-0.1, -0.05) is 54.9 Å². The summed E-state index contributed by atoms with van der Waals surface area (Å²) in [6, 6.07) is 20.5. The summed E-state index contributed by atoms with van der Waals surface area (Å²) < 4.78 is 0. The van der Waals surface area contributed by atoms with Gasteiger partial charge in [-0.25, -0.2) is 10.4 Å². The smallest absolute Gasteiger partial charge is 0.140 e. The first-order chi connectivity index (χ1) is 12.7. The Morgan fingerprint density at radius 1 is 1.12 bits per heavy atom. The van der Waals surface area contributed by atoms with E-state index in [4.69, 9.17) is 11.6 Å². The van der Waals surface area contributed by atoms with Crippen molar-refractivity contribution in [1.82, 2.24) is 10.4 Å². The van der Waals surface area contributed by atoms with E-state index in [9.17, 15) is 0 Å². The van der Waals surface area contributed by atoms with Gasteiger partial charge in [0.15, 0.2) is 0 Å². The number of hydrogen-bond donors (Lipinski definition) is 2. The first kappa shape index (κ1) is 18.4. The maximum atomic E-state index is 6.03. The highest BCUT2D eigenvalue weighted by molar-refractivity contribution is 6.31. The Labute approximate surface area is 160 Å². The van der Waals surface area contributed by atoms with E-state index >= 15 is 0 Å². The zero-order valence-electron chi connectivity index (χ0n) is 15.0. The Hall–Kier alpha value is -2.36. The average Bonchev–Trinajstić information content (AvgIpc) is 2.68. The van der Waals surface area contributed by atoms with Crippen LogP contribution in [0.15, 0.2) is 73.3 Å². The summed E-state index contributed by atoms with van der Waals surface area (Å²) in [5, 5.41) is 1.75. The molecule has 2 N–H and O–H groups in total. The summed E-state index contributed by atoms with van der Waals surface area (Å²) in [5.41, 5.74) is 8.94. The van der Waals surface area contributed by atoms with Gasteiger partial charge in [-0.05, 0) is 54.7 Å². The Morgan fingerprint density at radius 2 is 1.92 bits per heavy atom. The highest BCUT2D eigenvalue weighted by Gasteiger charge is 2.14. The molecule has 2 aromatic carbocycles. The van der Waals surface area contributed by atoms with E-state index in [1.54, 1.807) is 0 Å². The van der Waals surface area contributed by atoms with Crippen LogP contribution >= 0.6 is 11.6 Å². The number of fused-ring (bicyclic) bond motifs is 1. The van der Waals surface area contributed by atoms with E-state index in [1.807, 2.05) is 42.5 Å². The number of anilines is 1. The van der Waals surface area contributed by atoms with Crippen LogP contribution < -0.4 is 10.9 Å². The molecule has 0 radical (unpaired) electrons. The quantitative estimate of drug-likeness (QED) is 0.401. The molecule has 1 aromatic heterocycles. The average molecular weight is 366 g/mol. The van der Waals surface area contributed by atoms with Crippen LogP contribution in [0.4, 0.5) is 5.82 Å². The molecule has 0 unspecified atom stereocenters. The number of rotatable bonds is 8. The molecule has 3 nitrogen and oxygen atoms in total. The maximum Gasteiger partial charge on any atom is 0.140 e. The predicted octanol–water partition coefficient (Wildman–Crippen LogP) is 5.63. The van der Waals surface area contributed by atoms with Crippen molar-refractivity contribution in [2.45, 2.75) is 25.8 Å². The molecule has 0 fully saturated rings. The zero-order valence-corrected chi connectivity index (χ0v) is 15.7. The van der Waals surface area contributed by atoms with Crippen molar-refractivity contribution in [2.24, 2.45) is 5.92 Å². The van der Waals surface area contributed by atoms with Crippen LogP contribution in [0.1, 0.15) is 18.9 Å². The van der Waals surface area contributed by atoms with Crippen molar-refractivity contribution in [3.63, 3.8) is 0 Å². The lowest BCUT2D eigenvalue weighted by molar-refractivity contribution is 0.432. The molecule has 0 bridgehead atoms. The topological polar surface area (TPSA) is 37.0 Å². The molecule has 0 amide bonds. The molecule has 0 aliphatic carbocycles. The summed E-state index contributed by atoms with van der Waals surface area (Å²) >= 11 is 6.03. The number of hydrogen-bond acceptors (Lipinski definition) is 3. The zero-order chi connectivity index (χ0) is 18.4. The van der Waals surface area contributed by atoms with Gasteiger partial charge in [-0.2, -0.15) is 0 Å². The summed E-state index contributed by atoms with van der Waals surface area (Å²) in [7, 11) is 0. The van der Waals surface area contributed by atoms with E-state index in [0.717, 1.165) is 34.6 Å². The standard InChI is InChI=1S/C22H24ClN3/c1-3-16(2)20(12-9-17-7-5-4-6-8-17)25-26-22-14-10-18-15-19(23)11-13-21(18)24-22/h3-8,10-11,13-16,20,25H,1,9,12H2,2H3,(H,24,26)/t16-,20-/m1/s1. The normalized spacial score (nSPS) is 13.3. The van der Waals surface area contributed by atoms with Gasteiger partial charge in [0.25, 0.3) is 0 Å². The van der Waals surface area contributed by atoms with E-state index in [1.165, 1.54) is 5.56 Å². The first-order valence-corrected chi connectivity index (χ1v) is 9.28. The molecule has 0 saturated heterocycles. The number of benzene rings is 2. The molecule has 0 aliphatic heterocycles. The van der Waals surface area contributed by atoms with Crippen LogP contribution in [-0.4, -0.2) is 11.0 Å². The Balaban J connectivity index is 1.65. The summed E-state index contributed by atoms with van der Waals surface area (Å²) in [6.07, 6.45) is 4.01. The molecule has 3 aromatic rings. The fourth-order valence-corrected chi connectivity index (χ4v) is 3.11. The second-order valence-electron chi connectivity index (χ2n) is 6.53. The minimum atomic E-state index is 0.260. The van der Waals surface area contributed by atoms with E-state index in [-0.39, 0.29) is 6.04 Å². The second kappa shape index (κ2) is 8.84. The predicted molar refractivity (Wildman–Crippen MR) is 111 cm³/mol. The van der Waals surface area contributed by atoms with Gasteiger partial charge in [0.2, 0.25) is 0 Å². The van der Waals surface area contributed by atoms with Gasteiger partial charge in [0.1, 0.15) is 5.82 Å². The van der Waals surface area contributed by atoms with Crippen molar-refractivity contribution in [3.8, 4) is 0 Å². The van der Waals surface area contributed by atoms with Gasteiger partial charge in [0.05, 0.1) is 5.52 Å². The monoisotopic (exact) mass is 365 g/mol. The van der Waals surface area contributed by atoms with Gasteiger partial charge in [-0.15, -0.1) is 6.58 Å². The Morgan fingerprint density at radius 3 is 2.69 bits per heavy atom. The molecule has 1 heterocycles. The van der Waals surface area contributed by atoms with Crippen LogP contribution in [0.3, 0.4) is 0 Å². The lowest BCUT2D eigenvalue weighted by Crippen LogP contribution is -2.39. The third kappa shape index (κ3) is 4.84. The van der Waals surface area contributed by atoms with Crippen molar-refractivity contribution in [3.05, 3.63) is 83.9 Å². The molecule has 0 spiro atoms. The highest BCUT2D eigenvalue weighted by atomic mass is 35.5. The molecular formula is C22H24ClN3. The number of nitrogens with one attached hydrogen (secondary N) is 2. The molecule has 4 heteroatoms. The number of nitrogens with zero attached hydrogens (tertiary/aromatic N) is 1. The van der Waals surface area contributed by atoms with Crippen LogP contribution in [0.25, 0.3) is 10.9 Å². The molecule has 3 rings (SSSR count). The largest absolute Gasteiger partial charge is 0.305 e. The van der Waals surface area contributed by atoms with Crippen molar-refractivity contribution < 1.29 is 0 Å². The highest BCUT2D eigenvalue weighted by Crippen LogP contribution is 2.20. The Kier molecular flexibility index (Phi) is 6.26. The first-order valence-electron chi connectivity index (χ1n) is 8.90. The molecule has 26 heavy (non-hydrogen) atoms. The van der Waals surface area contributed by atoms with Crippen LogP contribution in [0.5, 0.6) is 0 Å². The number of halogens is 1. The molecule has 134 valence electrons. The van der Waals surface area contributed by atoms with E-state index in [2.05, 4.69) is 53.6 Å². The number of aryl methyl sites for hydroxylation is 1. The second-order valence-corrected chi connectivity index (χ2v) is 6.96. The summed E-state index contributed by atoms with van der Waals surface area (Å²) in [4.78, 5) is 4.63. The molecular weight excluding hydrogens is 342 g/mol. The lowest BCUT2D eigenvalue weighted by atomic mass is 9.96. The maximum absolute atomic E-state index is 6.03. The Bertz CT molecular complexity index is 864. The number of hydrazine groups is 1. The van der Waals surface area contributed by atoms with Crippen LogP contribution in [-0.2, 0) is 6.42 Å². The van der Waals surface area contributed by atoms with Gasteiger partial charge in [-0.3, -0.25) is 0 Å². The third-order valence-electron chi connectivity index (χ3n) is 4.63. The van der Waals surface area contributed by atoms with E-state index in [0.29, 0.717) is 5.92 Å². The van der Waals surface area contributed by atoms with Gasteiger partial charge < -0.3 is 5.43 Å². The van der Waals surface area contributed by atoms with E-state index < -0.39 is 0 Å². The summed E-state index contributed by atoms with van der Waals surface area (Å²) in [5.74, 6) is 1.13. The third-order valence-corrected chi connectivity index (χ3v) is 4.87. The molecule has 2 atom stereocenters. The van der Waals surface area contributed by atoms with Crippen LogP contribution in [0, 0.1) is 5.92 Å². The minimum Gasteiger partial charge on any atom is -0.305 e. The van der Waals surface area contributed by atoms with Crippen molar-refractivity contribution in [2.75, 3.05) is 5.43 Å². The lowest BCUT2D eigenvalue weighted by Gasteiger charge is -2.24. The fraction of sp³-hybridized carbons (Fsp3) is 0.227. The van der Waals surface area contributed by atoms with Crippen LogP contribution in [0.2, 0.25) is 5.02 Å².